The summed E-state index contributed by atoms with van der Waals surface area (Å²) in [6.45, 7) is 0. The largest absolute Gasteiger partial charge is 0.478 e. The van der Waals surface area contributed by atoms with Crippen molar-refractivity contribution < 1.29 is 38.9 Å². The summed E-state index contributed by atoms with van der Waals surface area (Å²) in [4.78, 5) is 46.6. The van der Waals surface area contributed by atoms with Crippen molar-refractivity contribution in [3.63, 3.8) is 0 Å². The summed E-state index contributed by atoms with van der Waals surface area (Å²) in [5.41, 5.74) is 0.595. The average molecular weight is 388 g/mol. The van der Waals surface area contributed by atoms with E-state index in [0.29, 0.717) is 11.4 Å². The van der Waals surface area contributed by atoms with E-state index in [1.54, 1.807) is 36.4 Å². The molecule has 0 aliphatic carbocycles. The molecule has 0 saturated heterocycles. The van der Waals surface area contributed by atoms with Crippen molar-refractivity contribution in [3.05, 3.63) is 60.7 Å². The van der Waals surface area contributed by atoms with Crippen LogP contribution in [-0.2, 0) is 19.1 Å². The Morgan fingerprint density at radius 2 is 0.964 bits per heavy atom. The van der Waals surface area contributed by atoms with E-state index in [1.165, 1.54) is 24.3 Å². The number of rotatable bonds is 7. The maximum Gasteiger partial charge on any atom is 0.412 e. The molecule has 0 saturated carbocycles. The highest BCUT2D eigenvalue weighted by Crippen LogP contribution is 2.12. The Bertz CT molecular complexity index is 770. The molecular weight excluding hydrogens is 372 g/mol. The second-order valence-electron chi connectivity index (χ2n) is 5.31. The van der Waals surface area contributed by atoms with Crippen molar-refractivity contribution in [2.45, 2.75) is 12.2 Å². The van der Waals surface area contributed by atoms with Gasteiger partial charge >= 0.3 is 24.1 Å². The van der Waals surface area contributed by atoms with E-state index in [-0.39, 0.29) is 0 Å². The number of amides is 2. The minimum atomic E-state index is -2.28. The number of benzene rings is 2. The van der Waals surface area contributed by atoms with Gasteiger partial charge in [-0.3, -0.25) is 10.6 Å². The number of anilines is 2. The van der Waals surface area contributed by atoms with Crippen molar-refractivity contribution in [1.29, 1.82) is 0 Å². The number of hydrogen-bond acceptors (Lipinski definition) is 6. The van der Waals surface area contributed by atoms with Gasteiger partial charge in [0.1, 0.15) is 0 Å². The van der Waals surface area contributed by atoms with Gasteiger partial charge in [-0.25, -0.2) is 19.2 Å². The van der Waals surface area contributed by atoms with Crippen LogP contribution in [0.1, 0.15) is 0 Å². The van der Waals surface area contributed by atoms with Crippen molar-refractivity contribution in [2.24, 2.45) is 0 Å². The quantitative estimate of drug-likeness (QED) is 0.564. The van der Waals surface area contributed by atoms with Gasteiger partial charge in [0.2, 0.25) is 12.2 Å². The van der Waals surface area contributed by atoms with Crippen LogP contribution in [0.15, 0.2) is 60.7 Å². The Kier molecular flexibility index (Phi) is 6.92. The summed E-state index contributed by atoms with van der Waals surface area (Å²) >= 11 is 0. The smallest absolute Gasteiger partial charge is 0.412 e. The summed E-state index contributed by atoms with van der Waals surface area (Å²) in [5, 5.41) is 22.9. The maximum atomic E-state index is 11.9. The van der Waals surface area contributed by atoms with Gasteiger partial charge in [0.05, 0.1) is 0 Å². The molecule has 2 atom stereocenters. The Morgan fingerprint density at radius 3 is 1.25 bits per heavy atom. The second kappa shape index (κ2) is 9.57. The average Bonchev–Trinajstić information content (AvgIpc) is 2.65. The fourth-order valence-corrected chi connectivity index (χ4v) is 2.05. The molecule has 0 bridgehead atoms. The topological polar surface area (TPSA) is 151 Å². The molecule has 0 aromatic heterocycles. The first-order valence-corrected chi connectivity index (χ1v) is 7.88. The highest BCUT2D eigenvalue weighted by molar-refractivity contribution is 5.92. The molecule has 0 heterocycles. The number of carboxylic acid groups (broad SMARTS) is 2. The summed E-state index contributed by atoms with van der Waals surface area (Å²) in [7, 11) is 0. The molecule has 28 heavy (non-hydrogen) atoms. The number of carbonyl (C=O) groups excluding carboxylic acids is 2. The zero-order valence-electron chi connectivity index (χ0n) is 14.3. The molecule has 146 valence electrons. The van der Waals surface area contributed by atoms with Crippen LogP contribution in [0, 0.1) is 0 Å². The predicted octanol–water partition coefficient (Wildman–Crippen LogP) is 2.39. The van der Waals surface area contributed by atoms with Gasteiger partial charge in [0.25, 0.3) is 0 Å². The van der Waals surface area contributed by atoms with Gasteiger partial charge in [-0.15, -0.1) is 0 Å². The predicted molar refractivity (Wildman–Crippen MR) is 95.9 cm³/mol. The third-order valence-electron chi connectivity index (χ3n) is 3.27. The summed E-state index contributed by atoms with van der Waals surface area (Å²) in [6, 6.07) is 15.9. The fourth-order valence-electron chi connectivity index (χ4n) is 2.05. The van der Waals surface area contributed by atoms with Crippen LogP contribution in [0.5, 0.6) is 0 Å². The van der Waals surface area contributed by atoms with Gasteiger partial charge in [-0.2, -0.15) is 0 Å². The molecule has 0 fully saturated rings. The lowest BCUT2D eigenvalue weighted by molar-refractivity contribution is -0.165. The fraction of sp³-hybridized carbons (Fsp3) is 0.111. The Balaban J connectivity index is 2.06. The van der Waals surface area contributed by atoms with Crippen molar-refractivity contribution in [1.82, 2.24) is 0 Å². The van der Waals surface area contributed by atoms with Gasteiger partial charge in [-0.1, -0.05) is 36.4 Å². The Labute approximate surface area is 158 Å². The number of carboxylic acids is 2. The molecule has 0 spiro atoms. The van der Waals surface area contributed by atoms with Gasteiger partial charge in [-0.05, 0) is 24.3 Å². The number of ether oxygens (including phenoxy) is 2. The van der Waals surface area contributed by atoms with Crippen molar-refractivity contribution >= 4 is 35.5 Å². The molecule has 2 aromatic rings. The second-order valence-corrected chi connectivity index (χ2v) is 5.31. The first-order valence-electron chi connectivity index (χ1n) is 7.88. The molecule has 0 radical (unpaired) electrons. The molecule has 0 unspecified atom stereocenters. The zero-order chi connectivity index (χ0) is 20.5. The standard InChI is InChI=1S/C18H16N2O8/c21-15(22)13(27-17(25)19-11-7-3-1-4-8-11)14(16(23)24)28-18(26)20-12-9-5-2-6-10-12/h1-10,13-14H,(H,19,25)(H,20,26)(H,21,22)(H,23,24)/t13-,14-/m0/s1. The Morgan fingerprint density at radius 1 is 0.643 bits per heavy atom. The van der Waals surface area contributed by atoms with E-state index in [0.717, 1.165) is 0 Å². The number of hydrogen-bond donors (Lipinski definition) is 4. The maximum absolute atomic E-state index is 11.9. The molecule has 0 aliphatic heterocycles. The minimum Gasteiger partial charge on any atom is -0.478 e. The normalized spacial score (nSPS) is 12.1. The molecule has 10 heteroatoms. The minimum absolute atomic E-state index is 0.297. The number of para-hydroxylation sites is 2. The molecule has 2 rings (SSSR count). The SMILES string of the molecule is O=C(Nc1ccccc1)O[C@H](C(=O)O)[C@H](OC(=O)Nc1ccccc1)C(=O)O. The third-order valence-corrected chi connectivity index (χ3v) is 3.27. The van der Waals surface area contributed by atoms with E-state index in [9.17, 15) is 29.4 Å². The molecule has 10 nitrogen and oxygen atoms in total. The lowest BCUT2D eigenvalue weighted by Crippen LogP contribution is -2.47. The van der Waals surface area contributed by atoms with Crippen molar-refractivity contribution in [3.8, 4) is 0 Å². The highest BCUT2D eigenvalue weighted by atomic mass is 16.6. The molecular formula is C18H16N2O8. The van der Waals surface area contributed by atoms with Crippen LogP contribution in [-0.4, -0.2) is 46.5 Å². The van der Waals surface area contributed by atoms with Crippen molar-refractivity contribution in [2.75, 3.05) is 10.6 Å². The lowest BCUT2D eigenvalue weighted by Gasteiger charge is -2.21. The number of nitrogens with one attached hydrogen (secondary N) is 2. The van der Waals surface area contributed by atoms with Gasteiger partial charge < -0.3 is 19.7 Å². The number of aliphatic carboxylic acids is 2. The van der Waals surface area contributed by atoms with E-state index >= 15 is 0 Å². The van der Waals surface area contributed by atoms with Crippen LogP contribution >= 0.6 is 0 Å². The molecule has 2 aromatic carbocycles. The lowest BCUT2D eigenvalue weighted by atomic mass is 10.2. The monoisotopic (exact) mass is 388 g/mol. The Hall–Kier alpha value is -4.08. The van der Waals surface area contributed by atoms with Crippen LogP contribution in [0.3, 0.4) is 0 Å². The van der Waals surface area contributed by atoms with Crippen LogP contribution in [0.4, 0.5) is 21.0 Å². The molecule has 4 N–H and O–H groups in total. The van der Waals surface area contributed by atoms with E-state index in [1.807, 2.05) is 0 Å². The first kappa shape index (κ1) is 20.2. The summed E-state index contributed by atoms with van der Waals surface area (Å²) in [6.07, 6.45) is -7.00. The zero-order valence-corrected chi connectivity index (χ0v) is 14.3. The third kappa shape index (κ3) is 6.02. The first-order chi connectivity index (χ1) is 13.4. The molecule has 2 amide bonds. The molecule has 0 aliphatic rings. The highest BCUT2D eigenvalue weighted by Gasteiger charge is 2.40. The van der Waals surface area contributed by atoms with E-state index in [4.69, 9.17) is 0 Å². The van der Waals surface area contributed by atoms with Crippen LogP contribution in [0.25, 0.3) is 0 Å². The van der Waals surface area contributed by atoms with Crippen LogP contribution < -0.4 is 10.6 Å². The summed E-state index contributed by atoms with van der Waals surface area (Å²) in [5.74, 6) is -3.61. The van der Waals surface area contributed by atoms with Crippen LogP contribution in [0.2, 0.25) is 0 Å². The van der Waals surface area contributed by atoms with E-state index in [2.05, 4.69) is 20.1 Å². The summed E-state index contributed by atoms with van der Waals surface area (Å²) < 4.78 is 9.31. The van der Waals surface area contributed by atoms with Gasteiger partial charge in [0, 0.05) is 11.4 Å². The number of carbonyl (C=O) groups is 4. The van der Waals surface area contributed by atoms with Gasteiger partial charge in [0.15, 0.2) is 0 Å². The van der Waals surface area contributed by atoms with E-state index < -0.39 is 36.3 Å².